The van der Waals surface area contributed by atoms with E-state index in [2.05, 4.69) is 5.32 Å². The number of piperidine rings is 1. The maximum Gasteiger partial charge on any atom is 0.227 e. The highest BCUT2D eigenvalue weighted by molar-refractivity contribution is 5.79. The fourth-order valence-corrected chi connectivity index (χ4v) is 2.76. The van der Waals surface area contributed by atoms with Gasteiger partial charge in [0.05, 0.1) is 12.5 Å². The van der Waals surface area contributed by atoms with Gasteiger partial charge in [0.15, 0.2) is 0 Å². The van der Waals surface area contributed by atoms with Crippen molar-refractivity contribution in [2.24, 2.45) is 11.8 Å². The first-order chi connectivity index (χ1) is 7.81. The molecule has 0 saturated carbocycles. The molecule has 2 saturated heterocycles. The minimum absolute atomic E-state index is 0.223. The number of likely N-dealkylation sites (tertiary alicyclic amines) is 1. The highest BCUT2D eigenvalue weighted by Gasteiger charge is 2.30. The molecule has 2 rings (SSSR count). The zero-order chi connectivity index (χ0) is 11.4. The van der Waals surface area contributed by atoms with Crippen molar-refractivity contribution in [3.63, 3.8) is 0 Å². The molecule has 1 amide bonds. The van der Waals surface area contributed by atoms with Gasteiger partial charge >= 0.3 is 0 Å². The van der Waals surface area contributed by atoms with Crippen LogP contribution in [-0.4, -0.2) is 50.7 Å². The highest BCUT2D eigenvalue weighted by atomic mass is 16.5. The molecule has 1 N–H and O–H groups in total. The Morgan fingerprint density at radius 1 is 1.50 bits per heavy atom. The number of amides is 1. The van der Waals surface area contributed by atoms with Gasteiger partial charge in [0, 0.05) is 26.7 Å². The molecule has 2 aliphatic heterocycles. The first-order valence-electron chi connectivity index (χ1n) is 6.29. The molecular weight excluding hydrogens is 204 g/mol. The molecule has 0 radical (unpaired) electrons. The van der Waals surface area contributed by atoms with Crippen molar-refractivity contribution < 1.29 is 9.53 Å². The van der Waals surface area contributed by atoms with E-state index in [9.17, 15) is 4.79 Å². The van der Waals surface area contributed by atoms with Crippen LogP contribution in [0.3, 0.4) is 0 Å². The summed E-state index contributed by atoms with van der Waals surface area (Å²) in [5.41, 5.74) is 0. The van der Waals surface area contributed by atoms with Gasteiger partial charge in [0.25, 0.3) is 0 Å². The topological polar surface area (TPSA) is 41.6 Å². The lowest BCUT2D eigenvalue weighted by Crippen LogP contribution is -2.44. The summed E-state index contributed by atoms with van der Waals surface area (Å²) in [7, 11) is 1.74. The van der Waals surface area contributed by atoms with E-state index in [0.29, 0.717) is 11.8 Å². The fourth-order valence-electron chi connectivity index (χ4n) is 2.76. The molecule has 0 bridgehead atoms. The summed E-state index contributed by atoms with van der Waals surface area (Å²) in [5.74, 6) is 1.11. The molecule has 0 aromatic rings. The first-order valence-corrected chi connectivity index (χ1v) is 6.29. The van der Waals surface area contributed by atoms with Crippen LogP contribution in [0.25, 0.3) is 0 Å². The fraction of sp³-hybridized carbons (Fsp3) is 0.917. The second-order valence-electron chi connectivity index (χ2n) is 4.94. The van der Waals surface area contributed by atoms with Gasteiger partial charge in [-0.15, -0.1) is 0 Å². The van der Waals surface area contributed by atoms with Crippen molar-refractivity contribution in [1.82, 2.24) is 10.2 Å². The van der Waals surface area contributed by atoms with Crippen molar-refractivity contribution in [3.05, 3.63) is 0 Å². The Morgan fingerprint density at radius 3 is 3.06 bits per heavy atom. The minimum atomic E-state index is 0.223. The van der Waals surface area contributed by atoms with Crippen molar-refractivity contribution >= 4 is 5.91 Å². The summed E-state index contributed by atoms with van der Waals surface area (Å²) in [5, 5.41) is 3.26. The molecule has 16 heavy (non-hydrogen) atoms. The van der Waals surface area contributed by atoms with Crippen LogP contribution in [0.4, 0.5) is 0 Å². The van der Waals surface area contributed by atoms with Gasteiger partial charge in [0.2, 0.25) is 5.91 Å². The highest BCUT2D eigenvalue weighted by Crippen LogP contribution is 2.20. The van der Waals surface area contributed by atoms with E-state index in [1.165, 1.54) is 6.42 Å². The zero-order valence-electron chi connectivity index (χ0n) is 10.1. The predicted octanol–water partition coefficient (Wildman–Crippen LogP) is 0.481. The Labute approximate surface area is 97.3 Å². The molecule has 2 fully saturated rings. The van der Waals surface area contributed by atoms with Crippen LogP contribution in [0.5, 0.6) is 0 Å². The third-order valence-corrected chi connectivity index (χ3v) is 3.64. The van der Waals surface area contributed by atoms with Gasteiger partial charge in [-0.25, -0.2) is 0 Å². The van der Waals surface area contributed by atoms with Crippen LogP contribution < -0.4 is 5.32 Å². The van der Waals surface area contributed by atoms with Crippen LogP contribution in [0.1, 0.15) is 19.3 Å². The third kappa shape index (κ3) is 2.74. The molecule has 0 spiro atoms. The Balaban J connectivity index is 1.85. The maximum atomic E-state index is 12.2. The third-order valence-electron chi connectivity index (χ3n) is 3.64. The molecule has 0 aromatic heterocycles. The van der Waals surface area contributed by atoms with Gasteiger partial charge < -0.3 is 15.0 Å². The monoisotopic (exact) mass is 226 g/mol. The molecular formula is C12H22N2O2. The summed E-state index contributed by atoms with van der Waals surface area (Å²) in [6.07, 6.45) is 3.32. The number of hydrogen-bond acceptors (Lipinski definition) is 3. The smallest absolute Gasteiger partial charge is 0.227 e. The lowest BCUT2D eigenvalue weighted by molar-refractivity contribution is -0.137. The second-order valence-corrected chi connectivity index (χ2v) is 4.94. The summed E-state index contributed by atoms with van der Waals surface area (Å²) in [6.45, 7) is 4.47. The summed E-state index contributed by atoms with van der Waals surface area (Å²) in [4.78, 5) is 14.2. The predicted molar refractivity (Wildman–Crippen MR) is 62.2 cm³/mol. The summed E-state index contributed by atoms with van der Waals surface area (Å²) >= 11 is 0. The molecule has 0 aromatic carbocycles. The van der Waals surface area contributed by atoms with Gasteiger partial charge in [-0.3, -0.25) is 4.79 Å². The van der Waals surface area contributed by atoms with Gasteiger partial charge in [0.1, 0.15) is 0 Å². The molecule has 4 heteroatoms. The van der Waals surface area contributed by atoms with Crippen molar-refractivity contribution in [1.29, 1.82) is 0 Å². The Kier molecular flexibility index (Phi) is 4.18. The Bertz CT molecular complexity index is 237. The van der Waals surface area contributed by atoms with Gasteiger partial charge in [-0.1, -0.05) is 0 Å². The molecule has 92 valence electrons. The number of hydrogen-bond donors (Lipinski definition) is 1. The van der Waals surface area contributed by atoms with E-state index in [-0.39, 0.29) is 5.92 Å². The number of nitrogens with zero attached hydrogens (tertiary/aromatic N) is 1. The average Bonchev–Trinajstić information content (AvgIpc) is 2.82. The zero-order valence-corrected chi connectivity index (χ0v) is 10.1. The first kappa shape index (κ1) is 11.9. The molecule has 0 unspecified atom stereocenters. The molecule has 2 aliphatic rings. The number of ether oxygens (including phenoxy) is 1. The van der Waals surface area contributed by atoms with E-state index in [0.717, 1.165) is 45.6 Å². The molecule has 0 aliphatic carbocycles. The second kappa shape index (κ2) is 5.64. The minimum Gasteiger partial charge on any atom is -0.384 e. The van der Waals surface area contributed by atoms with E-state index in [4.69, 9.17) is 4.74 Å². The van der Waals surface area contributed by atoms with Gasteiger partial charge in [-0.2, -0.15) is 0 Å². The number of rotatable bonds is 3. The van der Waals surface area contributed by atoms with E-state index >= 15 is 0 Å². The van der Waals surface area contributed by atoms with Crippen molar-refractivity contribution in [2.75, 3.05) is 39.9 Å². The standard InChI is InChI=1S/C12H22N2O2/c1-16-9-10-3-2-6-14(8-10)12(15)11-4-5-13-7-11/h10-11,13H,2-9H2,1H3/t10-,11+/m0/s1. The van der Waals surface area contributed by atoms with Crippen LogP contribution in [0.15, 0.2) is 0 Å². The van der Waals surface area contributed by atoms with Crippen molar-refractivity contribution in [3.8, 4) is 0 Å². The van der Waals surface area contributed by atoms with Crippen LogP contribution in [0, 0.1) is 11.8 Å². The van der Waals surface area contributed by atoms with Crippen LogP contribution >= 0.6 is 0 Å². The van der Waals surface area contributed by atoms with Crippen LogP contribution in [0.2, 0.25) is 0 Å². The lowest BCUT2D eigenvalue weighted by atomic mass is 9.97. The summed E-state index contributed by atoms with van der Waals surface area (Å²) in [6, 6.07) is 0. The van der Waals surface area contributed by atoms with Crippen LogP contribution in [-0.2, 0) is 9.53 Å². The molecule has 2 heterocycles. The normalized spacial score (nSPS) is 30.7. The maximum absolute atomic E-state index is 12.2. The number of nitrogens with one attached hydrogen (secondary N) is 1. The van der Waals surface area contributed by atoms with Gasteiger partial charge in [-0.05, 0) is 31.7 Å². The number of carbonyl (C=O) groups excluding carboxylic acids is 1. The number of methoxy groups -OCH3 is 1. The lowest BCUT2D eigenvalue weighted by Gasteiger charge is -2.33. The average molecular weight is 226 g/mol. The van der Waals surface area contributed by atoms with E-state index in [1.54, 1.807) is 7.11 Å². The van der Waals surface area contributed by atoms with Crippen molar-refractivity contribution in [2.45, 2.75) is 19.3 Å². The summed E-state index contributed by atoms with van der Waals surface area (Å²) < 4.78 is 5.18. The Hall–Kier alpha value is -0.610. The van der Waals surface area contributed by atoms with E-state index in [1.807, 2.05) is 4.90 Å². The molecule has 4 nitrogen and oxygen atoms in total. The quantitative estimate of drug-likeness (QED) is 0.761. The molecule has 2 atom stereocenters. The van der Waals surface area contributed by atoms with E-state index < -0.39 is 0 Å². The number of carbonyl (C=O) groups is 1. The largest absolute Gasteiger partial charge is 0.384 e. The SMILES string of the molecule is COC[C@H]1CCCN(C(=O)[C@@H]2CCNC2)C1. The Morgan fingerprint density at radius 2 is 2.38 bits per heavy atom.